The molecule has 2 rings (SSSR count). The number of carbonyl (C=O) groups excluding carboxylic acids is 1. The fourth-order valence-corrected chi connectivity index (χ4v) is 3.03. The molecule has 1 aliphatic heterocycles. The molecule has 0 bridgehead atoms. The summed E-state index contributed by atoms with van der Waals surface area (Å²) in [5.41, 5.74) is 8.77. The minimum Gasteiger partial charge on any atom is -0.371 e. The Hall–Kier alpha value is -1.55. The van der Waals surface area contributed by atoms with Crippen LogP contribution in [-0.4, -0.2) is 31.6 Å². The number of rotatable bonds is 7. The highest BCUT2D eigenvalue weighted by Gasteiger charge is 2.21. The van der Waals surface area contributed by atoms with Gasteiger partial charge in [0.15, 0.2) is 0 Å². The maximum absolute atomic E-state index is 12.7. The molecule has 0 aromatic heterocycles. The Labute approximate surface area is 134 Å². The zero-order valence-electron chi connectivity index (χ0n) is 13.9. The number of nitrogens with two attached hydrogens (primary N) is 1. The van der Waals surface area contributed by atoms with Crippen molar-refractivity contribution in [1.29, 1.82) is 0 Å². The fourth-order valence-electron chi connectivity index (χ4n) is 3.03. The number of benzene rings is 1. The van der Waals surface area contributed by atoms with Gasteiger partial charge < -0.3 is 16.0 Å². The Kier molecular flexibility index (Phi) is 6.25. The van der Waals surface area contributed by atoms with Crippen molar-refractivity contribution in [2.45, 2.75) is 52.0 Å². The van der Waals surface area contributed by atoms with Gasteiger partial charge in [-0.05, 0) is 38.3 Å². The topological polar surface area (TPSA) is 58.4 Å². The van der Waals surface area contributed by atoms with E-state index in [1.54, 1.807) is 0 Å². The molecule has 1 aromatic rings. The highest BCUT2D eigenvalue weighted by atomic mass is 16.1. The van der Waals surface area contributed by atoms with Gasteiger partial charge in [0, 0.05) is 31.4 Å². The summed E-state index contributed by atoms with van der Waals surface area (Å²) in [7, 11) is 0. The summed E-state index contributed by atoms with van der Waals surface area (Å²) < 4.78 is 0. The lowest BCUT2D eigenvalue weighted by Crippen LogP contribution is -2.40. The molecule has 0 saturated carbocycles. The first-order valence-corrected chi connectivity index (χ1v) is 8.52. The SMILES string of the molecule is CCCCC(CN)NC(=O)c1cc(C)ccc1N1CCCC1. The van der Waals surface area contributed by atoms with Crippen molar-refractivity contribution < 1.29 is 4.79 Å². The second-order valence-electron chi connectivity index (χ2n) is 6.26. The molecule has 4 nitrogen and oxygen atoms in total. The highest BCUT2D eigenvalue weighted by Crippen LogP contribution is 2.25. The predicted octanol–water partition coefficient (Wildman–Crippen LogP) is 2.84. The molecule has 1 aromatic carbocycles. The van der Waals surface area contributed by atoms with E-state index >= 15 is 0 Å². The summed E-state index contributed by atoms with van der Waals surface area (Å²) in [4.78, 5) is 15.0. The summed E-state index contributed by atoms with van der Waals surface area (Å²) in [5.74, 6) is 0.0113. The van der Waals surface area contributed by atoms with Crippen LogP contribution in [0.15, 0.2) is 18.2 Å². The van der Waals surface area contributed by atoms with E-state index in [1.165, 1.54) is 12.8 Å². The van der Waals surface area contributed by atoms with Crippen molar-refractivity contribution in [1.82, 2.24) is 5.32 Å². The molecule has 1 fully saturated rings. The van der Waals surface area contributed by atoms with Gasteiger partial charge in [-0.3, -0.25) is 4.79 Å². The maximum atomic E-state index is 12.7. The fraction of sp³-hybridized carbons (Fsp3) is 0.611. The standard InChI is InChI=1S/C18H29N3O/c1-3-4-7-15(13-19)20-18(22)16-12-14(2)8-9-17(16)21-10-5-6-11-21/h8-9,12,15H,3-7,10-11,13,19H2,1-2H3,(H,20,22). The summed E-state index contributed by atoms with van der Waals surface area (Å²) in [6.45, 7) is 6.76. The molecule has 4 heteroatoms. The molecule has 1 atom stereocenters. The third kappa shape index (κ3) is 4.23. The number of carbonyl (C=O) groups is 1. The molecule has 1 aliphatic rings. The molecule has 3 N–H and O–H groups in total. The highest BCUT2D eigenvalue weighted by molar-refractivity contribution is 6.00. The Morgan fingerprint density at radius 1 is 1.36 bits per heavy atom. The lowest BCUT2D eigenvalue weighted by atomic mass is 10.1. The second kappa shape index (κ2) is 8.18. The van der Waals surface area contributed by atoms with Crippen LogP contribution in [0.25, 0.3) is 0 Å². The third-order valence-electron chi connectivity index (χ3n) is 4.37. The zero-order chi connectivity index (χ0) is 15.9. The second-order valence-corrected chi connectivity index (χ2v) is 6.26. The van der Waals surface area contributed by atoms with Crippen LogP contribution < -0.4 is 16.0 Å². The van der Waals surface area contributed by atoms with E-state index < -0.39 is 0 Å². The van der Waals surface area contributed by atoms with Gasteiger partial charge in [-0.1, -0.05) is 31.4 Å². The van der Waals surface area contributed by atoms with Crippen LogP contribution in [0.2, 0.25) is 0 Å². The number of anilines is 1. The van der Waals surface area contributed by atoms with Crippen LogP contribution in [0.4, 0.5) is 5.69 Å². The first kappa shape index (κ1) is 16.8. The summed E-state index contributed by atoms with van der Waals surface area (Å²) in [6.07, 6.45) is 5.57. The molecule has 1 saturated heterocycles. The summed E-state index contributed by atoms with van der Waals surface area (Å²) >= 11 is 0. The van der Waals surface area contributed by atoms with E-state index in [9.17, 15) is 4.79 Å². The quantitative estimate of drug-likeness (QED) is 0.814. The Morgan fingerprint density at radius 2 is 2.09 bits per heavy atom. The van der Waals surface area contributed by atoms with Crippen LogP contribution in [0.1, 0.15) is 54.9 Å². The lowest BCUT2D eigenvalue weighted by Gasteiger charge is -2.23. The van der Waals surface area contributed by atoms with Gasteiger partial charge in [0.05, 0.1) is 5.56 Å². The number of nitrogens with one attached hydrogen (secondary N) is 1. The molecule has 0 aliphatic carbocycles. The van der Waals surface area contributed by atoms with Crippen LogP contribution >= 0.6 is 0 Å². The molecule has 0 radical (unpaired) electrons. The normalized spacial score (nSPS) is 15.9. The van der Waals surface area contributed by atoms with Crippen molar-refractivity contribution in [3.63, 3.8) is 0 Å². The number of amides is 1. The largest absolute Gasteiger partial charge is 0.371 e. The van der Waals surface area contributed by atoms with Gasteiger partial charge in [-0.2, -0.15) is 0 Å². The molecular formula is C18H29N3O. The van der Waals surface area contributed by atoms with Crippen molar-refractivity contribution in [3.05, 3.63) is 29.3 Å². The van der Waals surface area contributed by atoms with Gasteiger partial charge in [-0.25, -0.2) is 0 Å². The third-order valence-corrected chi connectivity index (χ3v) is 4.37. The molecule has 1 heterocycles. The Morgan fingerprint density at radius 3 is 2.73 bits per heavy atom. The minimum atomic E-state index is 0.0113. The van der Waals surface area contributed by atoms with Crippen molar-refractivity contribution in [3.8, 4) is 0 Å². The minimum absolute atomic E-state index is 0.0113. The number of unbranched alkanes of at least 4 members (excludes halogenated alkanes) is 1. The first-order chi connectivity index (χ1) is 10.7. The molecular weight excluding hydrogens is 274 g/mol. The zero-order valence-corrected chi connectivity index (χ0v) is 13.9. The van der Waals surface area contributed by atoms with Gasteiger partial charge >= 0.3 is 0 Å². The number of nitrogens with zero attached hydrogens (tertiary/aromatic N) is 1. The van der Waals surface area contributed by atoms with E-state index in [-0.39, 0.29) is 11.9 Å². The average Bonchev–Trinajstić information content (AvgIpc) is 3.05. The average molecular weight is 303 g/mol. The van der Waals surface area contributed by atoms with Crippen LogP contribution in [-0.2, 0) is 0 Å². The number of aryl methyl sites for hydroxylation is 1. The van der Waals surface area contributed by atoms with Gasteiger partial charge in [-0.15, -0.1) is 0 Å². The van der Waals surface area contributed by atoms with Crippen molar-refractivity contribution >= 4 is 11.6 Å². The van der Waals surface area contributed by atoms with E-state index in [4.69, 9.17) is 5.73 Å². The molecule has 1 amide bonds. The Bertz CT molecular complexity index is 495. The van der Waals surface area contributed by atoms with Gasteiger partial charge in [0.2, 0.25) is 0 Å². The van der Waals surface area contributed by atoms with Gasteiger partial charge in [0.25, 0.3) is 5.91 Å². The first-order valence-electron chi connectivity index (χ1n) is 8.52. The van der Waals surface area contributed by atoms with Gasteiger partial charge in [0.1, 0.15) is 0 Å². The van der Waals surface area contributed by atoms with Crippen LogP contribution in [0.5, 0.6) is 0 Å². The van der Waals surface area contributed by atoms with Crippen molar-refractivity contribution in [2.75, 3.05) is 24.5 Å². The maximum Gasteiger partial charge on any atom is 0.253 e. The van der Waals surface area contributed by atoms with Crippen LogP contribution in [0.3, 0.4) is 0 Å². The number of hydrogen-bond acceptors (Lipinski definition) is 3. The smallest absolute Gasteiger partial charge is 0.253 e. The lowest BCUT2D eigenvalue weighted by molar-refractivity contribution is 0.0936. The predicted molar refractivity (Wildman–Crippen MR) is 92.5 cm³/mol. The van der Waals surface area contributed by atoms with E-state index in [1.807, 2.05) is 13.0 Å². The molecule has 0 spiro atoms. The van der Waals surface area contributed by atoms with E-state index in [2.05, 4.69) is 29.3 Å². The van der Waals surface area contributed by atoms with E-state index in [0.29, 0.717) is 6.54 Å². The monoisotopic (exact) mass is 303 g/mol. The summed E-state index contributed by atoms with van der Waals surface area (Å²) in [5, 5.41) is 3.12. The molecule has 1 unspecified atom stereocenters. The van der Waals surface area contributed by atoms with Crippen molar-refractivity contribution in [2.24, 2.45) is 5.73 Å². The Balaban J connectivity index is 2.15. The molecule has 122 valence electrons. The van der Waals surface area contributed by atoms with Crippen LogP contribution in [0, 0.1) is 6.92 Å². The molecule has 22 heavy (non-hydrogen) atoms. The van der Waals surface area contributed by atoms with E-state index in [0.717, 1.165) is 49.2 Å². The summed E-state index contributed by atoms with van der Waals surface area (Å²) in [6, 6.07) is 6.23. The number of hydrogen-bond donors (Lipinski definition) is 2.